The van der Waals surface area contributed by atoms with E-state index >= 15 is 0 Å². The van der Waals surface area contributed by atoms with Crippen LogP contribution in [0.4, 0.5) is 11.6 Å². The summed E-state index contributed by atoms with van der Waals surface area (Å²) in [6.07, 6.45) is 4.66. The van der Waals surface area contributed by atoms with Crippen LogP contribution < -0.4 is 5.32 Å². The lowest BCUT2D eigenvalue weighted by Gasteiger charge is -2.16. The molecule has 1 heterocycles. The fourth-order valence-corrected chi connectivity index (χ4v) is 2.74. The van der Waals surface area contributed by atoms with Crippen LogP contribution in [-0.2, 0) is 10.8 Å². The van der Waals surface area contributed by atoms with Gasteiger partial charge in [-0.1, -0.05) is 18.2 Å². The molecule has 2 atom stereocenters. The largest absolute Gasteiger partial charge is 0.326 e. The Labute approximate surface area is 122 Å². The summed E-state index contributed by atoms with van der Waals surface area (Å²) in [5, 5.41) is 3.34. The third-order valence-electron chi connectivity index (χ3n) is 3.18. The number of aromatic nitrogens is 2. The molecule has 1 aromatic carbocycles. The minimum atomic E-state index is -0.752. The van der Waals surface area contributed by atoms with Crippen LogP contribution in [0.1, 0.15) is 25.1 Å². The van der Waals surface area contributed by atoms with Gasteiger partial charge >= 0.3 is 0 Å². The molecule has 0 saturated carbocycles. The van der Waals surface area contributed by atoms with E-state index in [0.29, 0.717) is 5.75 Å². The number of hydrogen-bond acceptors (Lipinski definition) is 3. The van der Waals surface area contributed by atoms with Crippen molar-refractivity contribution in [3.8, 4) is 0 Å². The Balaban J connectivity index is 2.15. The summed E-state index contributed by atoms with van der Waals surface area (Å²) < 4.78 is 13.4. The highest BCUT2D eigenvalue weighted by Gasteiger charge is 2.12. The van der Waals surface area contributed by atoms with Gasteiger partial charge in [0.2, 0.25) is 5.95 Å². The van der Waals surface area contributed by atoms with Crippen LogP contribution in [0.15, 0.2) is 36.5 Å². The van der Waals surface area contributed by atoms with Crippen molar-refractivity contribution in [2.75, 3.05) is 17.3 Å². The molecule has 2 rings (SSSR count). The Morgan fingerprint density at radius 1 is 1.35 bits per heavy atom. The number of anilines is 2. The first-order valence-electron chi connectivity index (χ1n) is 6.74. The van der Waals surface area contributed by atoms with E-state index < -0.39 is 10.8 Å². The van der Waals surface area contributed by atoms with Gasteiger partial charge in [0, 0.05) is 40.7 Å². The average Bonchev–Trinajstić information content (AvgIpc) is 2.78. The molecule has 2 unspecified atom stereocenters. The molecule has 20 heavy (non-hydrogen) atoms. The Bertz CT molecular complexity index is 580. The van der Waals surface area contributed by atoms with Gasteiger partial charge in [-0.15, -0.1) is 0 Å². The normalized spacial score (nSPS) is 13.9. The fourth-order valence-electron chi connectivity index (χ4n) is 2.07. The van der Waals surface area contributed by atoms with Crippen LogP contribution in [0, 0.1) is 6.92 Å². The number of rotatable bonds is 6. The van der Waals surface area contributed by atoms with E-state index in [-0.39, 0.29) is 6.04 Å². The van der Waals surface area contributed by atoms with E-state index in [2.05, 4.69) is 21.8 Å². The second kappa shape index (κ2) is 6.70. The van der Waals surface area contributed by atoms with E-state index in [0.717, 1.165) is 23.8 Å². The number of nitrogens with zero attached hydrogens (tertiary/aromatic N) is 2. The van der Waals surface area contributed by atoms with Gasteiger partial charge in [-0.25, -0.2) is 4.98 Å². The number of imidazole rings is 1. The zero-order valence-corrected chi connectivity index (χ0v) is 13.0. The van der Waals surface area contributed by atoms with E-state index in [1.54, 1.807) is 6.26 Å². The van der Waals surface area contributed by atoms with Crippen molar-refractivity contribution >= 4 is 22.4 Å². The predicted molar refractivity (Wildman–Crippen MR) is 85.0 cm³/mol. The van der Waals surface area contributed by atoms with Crippen molar-refractivity contribution in [1.82, 2.24) is 9.55 Å². The Hall–Kier alpha value is -1.62. The molecule has 0 bridgehead atoms. The quantitative estimate of drug-likeness (QED) is 0.888. The van der Waals surface area contributed by atoms with Crippen LogP contribution >= 0.6 is 0 Å². The highest BCUT2D eigenvalue weighted by atomic mass is 32.2. The summed E-state index contributed by atoms with van der Waals surface area (Å²) in [7, 11) is -0.752. The zero-order chi connectivity index (χ0) is 14.5. The van der Waals surface area contributed by atoms with Crippen LogP contribution in [0.5, 0.6) is 0 Å². The van der Waals surface area contributed by atoms with Crippen LogP contribution in [0.2, 0.25) is 0 Å². The van der Waals surface area contributed by atoms with Gasteiger partial charge in [-0.3, -0.25) is 4.21 Å². The van der Waals surface area contributed by atoms with Crippen molar-refractivity contribution in [3.63, 3.8) is 0 Å². The number of hydrogen-bond donors (Lipinski definition) is 1. The van der Waals surface area contributed by atoms with Gasteiger partial charge in [-0.2, -0.15) is 0 Å². The topological polar surface area (TPSA) is 46.9 Å². The maximum atomic E-state index is 11.2. The van der Waals surface area contributed by atoms with Gasteiger partial charge in [0.15, 0.2) is 0 Å². The van der Waals surface area contributed by atoms with Crippen molar-refractivity contribution in [3.05, 3.63) is 42.2 Å². The summed E-state index contributed by atoms with van der Waals surface area (Å²) in [5.41, 5.74) is 2.00. The molecule has 5 heteroatoms. The first-order valence-corrected chi connectivity index (χ1v) is 8.46. The zero-order valence-electron chi connectivity index (χ0n) is 12.2. The van der Waals surface area contributed by atoms with Crippen LogP contribution in [-0.4, -0.2) is 25.8 Å². The van der Waals surface area contributed by atoms with Gasteiger partial charge in [0.25, 0.3) is 0 Å². The van der Waals surface area contributed by atoms with E-state index in [9.17, 15) is 4.21 Å². The van der Waals surface area contributed by atoms with E-state index in [4.69, 9.17) is 0 Å². The lowest BCUT2D eigenvalue weighted by Crippen LogP contribution is -2.11. The average molecular weight is 291 g/mol. The lowest BCUT2D eigenvalue weighted by molar-refractivity contribution is 0.537. The second-order valence-corrected chi connectivity index (χ2v) is 6.57. The molecule has 0 spiro atoms. The first kappa shape index (κ1) is 14.8. The minimum absolute atomic E-state index is 0.270. The number of benzene rings is 1. The lowest BCUT2D eigenvalue weighted by atomic mass is 10.2. The smallest absolute Gasteiger partial charge is 0.207 e. The van der Waals surface area contributed by atoms with Gasteiger partial charge < -0.3 is 9.88 Å². The molecule has 4 nitrogen and oxygen atoms in total. The Kier molecular flexibility index (Phi) is 4.95. The molecule has 0 aliphatic rings. The molecular formula is C15H21N3OS. The predicted octanol–water partition coefficient (Wildman–Crippen LogP) is 3.26. The van der Waals surface area contributed by atoms with Gasteiger partial charge in [0.05, 0.1) is 5.69 Å². The summed E-state index contributed by atoms with van der Waals surface area (Å²) in [4.78, 5) is 4.53. The SMILES string of the molecule is Cc1cn(C(C)CCS(C)=O)c(Nc2ccccc2)n1. The monoisotopic (exact) mass is 291 g/mol. The molecule has 108 valence electrons. The van der Waals surface area contributed by atoms with E-state index in [1.807, 2.05) is 43.5 Å². The summed E-state index contributed by atoms with van der Waals surface area (Å²) in [5.74, 6) is 1.55. The number of aryl methyl sites for hydroxylation is 1. The standard InChI is InChI=1S/C15H21N3OS/c1-12-11-18(13(2)9-10-20(3)19)15(16-12)17-14-7-5-4-6-8-14/h4-8,11,13H,9-10H2,1-3H3,(H,16,17). The molecule has 2 aromatic rings. The molecule has 0 radical (unpaired) electrons. The maximum Gasteiger partial charge on any atom is 0.207 e. The van der Waals surface area contributed by atoms with Crippen LogP contribution in [0.3, 0.4) is 0 Å². The van der Waals surface area contributed by atoms with Gasteiger partial charge in [0.1, 0.15) is 0 Å². The molecule has 1 aromatic heterocycles. The molecule has 0 fully saturated rings. The Morgan fingerprint density at radius 3 is 2.70 bits per heavy atom. The third-order valence-corrected chi connectivity index (χ3v) is 3.99. The fraction of sp³-hybridized carbons (Fsp3) is 0.400. The molecule has 0 saturated heterocycles. The van der Waals surface area contributed by atoms with Crippen molar-refractivity contribution < 1.29 is 4.21 Å². The van der Waals surface area contributed by atoms with Crippen molar-refractivity contribution in [2.45, 2.75) is 26.3 Å². The summed E-state index contributed by atoms with van der Waals surface area (Å²) in [6, 6.07) is 10.3. The third kappa shape index (κ3) is 3.93. The summed E-state index contributed by atoms with van der Waals surface area (Å²) in [6.45, 7) is 4.11. The molecular weight excluding hydrogens is 270 g/mol. The van der Waals surface area contributed by atoms with Crippen molar-refractivity contribution in [1.29, 1.82) is 0 Å². The molecule has 0 amide bonds. The minimum Gasteiger partial charge on any atom is -0.326 e. The molecule has 0 aliphatic carbocycles. The number of nitrogens with one attached hydrogen (secondary N) is 1. The highest BCUT2D eigenvalue weighted by molar-refractivity contribution is 7.84. The molecule has 1 N–H and O–H groups in total. The van der Waals surface area contributed by atoms with E-state index in [1.165, 1.54) is 0 Å². The van der Waals surface area contributed by atoms with Gasteiger partial charge in [-0.05, 0) is 32.4 Å². The second-order valence-electron chi connectivity index (χ2n) is 5.02. The van der Waals surface area contributed by atoms with Crippen LogP contribution in [0.25, 0.3) is 0 Å². The summed E-state index contributed by atoms with van der Waals surface area (Å²) >= 11 is 0. The highest BCUT2D eigenvalue weighted by Crippen LogP contribution is 2.22. The molecule has 0 aliphatic heterocycles. The maximum absolute atomic E-state index is 11.2. The Morgan fingerprint density at radius 2 is 2.05 bits per heavy atom. The number of para-hydroxylation sites is 1. The van der Waals surface area contributed by atoms with Crippen molar-refractivity contribution in [2.24, 2.45) is 0 Å². The first-order chi connectivity index (χ1) is 9.56.